The van der Waals surface area contributed by atoms with E-state index in [0.717, 1.165) is 63.5 Å². The Balaban J connectivity index is 0.00000204. The van der Waals surface area contributed by atoms with E-state index >= 15 is 0 Å². The number of hydrogen-bond donors (Lipinski definition) is 2. The molecule has 5 nitrogen and oxygen atoms in total. The van der Waals surface area contributed by atoms with Crippen LogP contribution in [-0.4, -0.2) is 81.0 Å². The molecular formula is C25H34Cl2F2N4O. The average Bonchev–Trinajstić information content (AvgIpc) is 2.83. The molecule has 2 aliphatic heterocycles. The van der Waals surface area contributed by atoms with Crippen LogP contribution in [0.2, 0.25) is 0 Å². The lowest BCUT2D eigenvalue weighted by atomic mass is 9.82. The highest BCUT2D eigenvalue weighted by atomic mass is 35.5. The molecule has 0 spiro atoms. The first-order chi connectivity index (χ1) is 15.6. The number of ketones is 1. The third-order valence-corrected chi connectivity index (χ3v) is 6.53. The Labute approximate surface area is 213 Å². The highest BCUT2D eigenvalue weighted by Crippen LogP contribution is 2.29. The molecule has 34 heavy (non-hydrogen) atoms. The van der Waals surface area contributed by atoms with Crippen molar-refractivity contribution in [2.75, 3.05) is 65.4 Å². The van der Waals surface area contributed by atoms with Crippen molar-refractivity contribution in [2.45, 2.75) is 11.8 Å². The van der Waals surface area contributed by atoms with E-state index in [9.17, 15) is 13.6 Å². The molecule has 0 bridgehead atoms. The van der Waals surface area contributed by atoms with Crippen LogP contribution in [-0.2, 0) is 4.79 Å². The van der Waals surface area contributed by atoms with Crippen molar-refractivity contribution in [3.8, 4) is 0 Å². The molecule has 2 aliphatic rings. The van der Waals surface area contributed by atoms with Gasteiger partial charge in [0.05, 0.1) is 11.8 Å². The molecule has 0 saturated carbocycles. The van der Waals surface area contributed by atoms with Gasteiger partial charge >= 0.3 is 0 Å². The van der Waals surface area contributed by atoms with Gasteiger partial charge in [-0.25, -0.2) is 8.78 Å². The van der Waals surface area contributed by atoms with Crippen molar-refractivity contribution in [3.63, 3.8) is 0 Å². The zero-order valence-electron chi connectivity index (χ0n) is 19.2. The van der Waals surface area contributed by atoms with Crippen LogP contribution in [0.4, 0.5) is 8.78 Å². The van der Waals surface area contributed by atoms with Gasteiger partial charge in [0.1, 0.15) is 17.4 Å². The second kappa shape index (κ2) is 14.1. The van der Waals surface area contributed by atoms with E-state index in [1.54, 1.807) is 24.3 Å². The predicted molar refractivity (Wildman–Crippen MR) is 136 cm³/mol. The lowest BCUT2D eigenvalue weighted by molar-refractivity contribution is -0.123. The second-order valence-corrected chi connectivity index (χ2v) is 8.71. The molecule has 0 amide bonds. The minimum Gasteiger partial charge on any atom is -0.314 e. The van der Waals surface area contributed by atoms with Crippen LogP contribution in [0.1, 0.15) is 23.0 Å². The van der Waals surface area contributed by atoms with E-state index in [0.29, 0.717) is 13.1 Å². The number of nitrogens with one attached hydrogen (secondary N) is 2. The van der Waals surface area contributed by atoms with Crippen LogP contribution < -0.4 is 10.6 Å². The maximum absolute atomic E-state index is 14.1. The Morgan fingerprint density at radius 2 is 1.00 bits per heavy atom. The van der Waals surface area contributed by atoms with Gasteiger partial charge in [0.15, 0.2) is 0 Å². The normalized spacial score (nSPS) is 18.9. The highest BCUT2D eigenvalue weighted by Gasteiger charge is 2.32. The first-order valence-electron chi connectivity index (χ1n) is 11.5. The summed E-state index contributed by atoms with van der Waals surface area (Å²) in [5.41, 5.74) is 1.67. The fourth-order valence-corrected chi connectivity index (χ4v) is 4.66. The Hall–Kier alpha value is -1.61. The van der Waals surface area contributed by atoms with Crippen LogP contribution in [0.3, 0.4) is 0 Å². The Bertz CT molecular complexity index is 802. The van der Waals surface area contributed by atoms with Crippen molar-refractivity contribution in [1.29, 1.82) is 0 Å². The molecule has 2 aromatic rings. The maximum atomic E-state index is 14.1. The van der Waals surface area contributed by atoms with E-state index < -0.39 is 0 Å². The molecule has 4 rings (SSSR count). The van der Waals surface area contributed by atoms with Gasteiger partial charge in [-0.15, -0.1) is 24.8 Å². The number of Topliss-reactive ketones (excluding diaryl/α,β-unsaturated/α-hetero) is 1. The summed E-state index contributed by atoms with van der Waals surface area (Å²) in [7, 11) is 0. The van der Waals surface area contributed by atoms with Crippen molar-refractivity contribution in [1.82, 2.24) is 20.4 Å². The van der Waals surface area contributed by atoms with Crippen molar-refractivity contribution >= 4 is 30.6 Å². The van der Waals surface area contributed by atoms with E-state index in [1.165, 1.54) is 24.3 Å². The molecule has 2 heterocycles. The summed E-state index contributed by atoms with van der Waals surface area (Å²) in [4.78, 5) is 18.7. The molecule has 2 fully saturated rings. The van der Waals surface area contributed by atoms with Crippen LogP contribution in [0, 0.1) is 11.6 Å². The average molecular weight is 515 g/mol. The quantitative estimate of drug-likeness (QED) is 0.566. The summed E-state index contributed by atoms with van der Waals surface area (Å²) in [6.07, 6.45) is 0. The number of carbonyl (C=O) groups excluding carboxylic acids is 1. The number of carbonyl (C=O) groups is 1. The molecule has 2 saturated heterocycles. The number of halogens is 4. The predicted octanol–water partition coefficient (Wildman–Crippen LogP) is 3.06. The fourth-order valence-electron chi connectivity index (χ4n) is 4.66. The molecule has 188 valence electrons. The minimum absolute atomic E-state index is 0. The van der Waals surface area contributed by atoms with Crippen LogP contribution >= 0.6 is 24.8 Å². The van der Waals surface area contributed by atoms with Crippen molar-refractivity contribution < 1.29 is 13.6 Å². The molecule has 2 N–H and O–H groups in total. The zero-order chi connectivity index (χ0) is 22.3. The number of benzene rings is 2. The molecule has 0 aliphatic carbocycles. The highest BCUT2D eigenvalue weighted by molar-refractivity contribution is 5.92. The number of piperazine rings is 2. The van der Waals surface area contributed by atoms with Crippen molar-refractivity contribution in [2.24, 2.45) is 0 Å². The first kappa shape index (κ1) is 28.6. The van der Waals surface area contributed by atoms with E-state index in [1.807, 2.05) is 0 Å². The summed E-state index contributed by atoms with van der Waals surface area (Å²) in [6.45, 7) is 8.30. The van der Waals surface area contributed by atoms with Gasteiger partial charge in [-0.3, -0.25) is 14.6 Å². The largest absolute Gasteiger partial charge is 0.314 e. The third kappa shape index (κ3) is 7.70. The van der Waals surface area contributed by atoms with E-state index in [4.69, 9.17) is 0 Å². The standard InChI is InChI=1S/C25H32F2N4O.2ClH/c26-21-5-1-19(2-6-21)23(17-30-13-9-28-10-14-30)25(32)24(18-31-15-11-29-12-16-31)20-3-7-22(27)8-4-20;;/h1-8,23-24,28-29H,9-18H2;2*1H. The molecule has 2 atom stereocenters. The Kier molecular flexibility index (Phi) is 11.8. The summed E-state index contributed by atoms with van der Waals surface area (Å²) in [5.74, 6) is -1.24. The van der Waals surface area contributed by atoms with Gasteiger partial charge in [-0.05, 0) is 35.4 Å². The van der Waals surface area contributed by atoms with Gasteiger partial charge in [0.25, 0.3) is 0 Å². The lowest BCUT2D eigenvalue weighted by Crippen LogP contribution is -2.48. The maximum Gasteiger partial charge on any atom is 0.150 e. The van der Waals surface area contributed by atoms with Crippen LogP contribution in [0.25, 0.3) is 0 Å². The molecule has 0 radical (unpaired) electrons. The molecule has 9 heteroatoms. The summed E-state index contributed by atoms with van der Waals surface area (Å²) < 4.78 is 27.3. The van der Waals surface area contributed by atoms with Gasteiger partial charge in [0, 0.05) is 65.4 Å². The Morgan fingerprint density at radius 3 is 1.32 bits per heavy atom. The third-order valence-electron chi connectivity index (χ3n) is 6.53. The molecule has 2 unspecified atom stereocenters. The molecule has 0 aromatic heterocycles. The van der Waals surface area contributed by atoms with Crippen LogP contribution in [0.15, 0.2) is 48.5 Å². The Morgan fingerprint density at radius 1 is 0.676 bits per heavy atom. The first-order valence-corrected chi connectivity index (χ1v) is 11.5. The van der Waals surface area contributed by atoms with Gasteiger partial charge in [0.2, 0.25) is 0 Å². The van der Waals surface area contributed by atoms with E-state index in [2.05, 4.69) is 20.4 Å². The summed E-state index contributed by atoms with van der Waals surface area (Å²) in [5, 5.41) is 6.70. The summed E-state index contributed by atoms with van der Waals surface area (Å²) in [6, 6.07) is 12.6. The fraction of sp³-hybridized carbons (Fsp3) is 0.480. The smallest absolute Gasteiger partial charge is 0.150 e. The summed E-state index contributed by atoms with van der Waals surface area (Å²) >= 11 is 0. The van der Waals surface area contributed by atoms with Crippen LogP contribution in [0.5, 0.6) is 0 Å². The number of nitrogens with zero attached hydrogens (tertiary/aromatic N) is 2. The van der Waals surface area contributed by atoms with Gasteiger partial charge < -0.3 is 10.6 Å². The minimum atomic E-state index is -0.369. The van der Waals surface area contributed by atoms with Crippen molar-refractivity contribution in [3.05, 3.63) is 71.3 Å². The van der Waals surface area contributed by atoms with Gasteiger partial charge in [-0.2, -0.15) is 0 Å². The lowest BCUT2D eigenvalue weighted by Gasteiger charge is -2.34. The number of rotatable bonds is 8. The second-order valence-electron chi connectivity index (χ2n) is 8.71. The molecule has 2 aromatic carbocycles. The van der Waals surface area contributed by atoms with E-state index in [-0.39, 0.29) is 54.1 Å². The molecular weight excluding hydrogens is 481 g/mol. The zero-order valence-corrected chi connectivity index (χ0v) is 20.9. The monoisotopic (exact) mass is 514 g/mol. The van der Waals surface area contributed by atoms with Gasteiger partial charge in [-0.1, -0.05) is 24.3 Å². The SMILES string of the molecule is Cl.Cl.O=C(C(CN1CCNCC1)c1ccc(F)cc1)C(CN1CCNCC1)c1ccc(F)cc1. The number of hydrogen-bond acceptors (Lipinski definition) is 5. The topological polar surface area (TPSA) is 47.6 Å².